The summed E-state index contributed by atoms with van der Waals surface area (Å²) >= 11 is 1.92. The first-order chi connectivity index (χ1) is 7.72. The van der Waals surface area contributed by atoms with E-state index in [1.807, 2.05) is 36.0 Å². The standard InChI is InChI=1S/C12H18N2OS/c1-3-16-9-8-13-11-4-6-12(7-5-11)14-10(2)15/h4-7,13H,3,8-9H2,1-2H3,(H,14,15). The largest absolute Gasteiger partial charge is 0.384 e. The second kappa shape index (κ2) is 7.17. The van der Waals surface area contributed by atoms with Gasteiger partial charge in [-0.05, 0) is 30.0 Å². The predicted molar refractivity (Wildman–Crippen MR) is 72.2 cm³/mol. The van der Waals surface area contributed by atoms with Crippen LogP contribution in [0.3, 0.4) is 0 Å². The van der Waals surface area contributed by atoms with Crippen LogP contribution in [0.15, 0.2) is 24.3 Å². The van der Waals surface area contributed by atoms with Crippen LogP contribution in [0.25, 0.3) is 0 Å². The van der Waals surface area contributed by atoms with Gasteiger partial charge in [-0.25, -0.2) is 0 Å². The van der Waals surface area contributed by atoms with E-state index in [1.54, 1.807) is 0 Å². The van der Waals surface area contributed by atoms with E-state index in [9.17, 15) is 4.79 Å². The molecule has 0 aromatic heterocycles. The van der Waals surface area contributed by atoms with Gasteiger partial charge in [0.25, 0.3) is 0 Å². The van der Waals surface area contributed by atoms with Crippen molar-refractivity contribution in [3.05, 3.63) is 24.3 Å². The van der Waals surface area contributed by atoms with Crippen LogP contribution in [0.5, 0.6) is 0 Å². The first-order valence-corrected chi connectivity index (χ1v) is 6.57. The van der Waals surface area contributed by atoms with Gasteiger partial charge in [-0.2, -0.15) is 11.8 Å². The minimum absolute atomic E-state index is 0.0416. The quantitative estimate of drug-likeness (QED) is 0.749. The number of carbonyl (C=O) groups is 1. The molecule has 0 atom stereocenters. The van der Waals surface area contributed by atoms with Crippen molar-refractivity contribution in [2.24, 2.45) is 0 Å². The second-order valence-corrected chi connectivity index (χ2v) is 4.78. The smallest absolute Gasteiger partial charge is 0.221 e. The van der Waals surface area contributed by atoms with Gasteiger partial charge in [-0.1, -0.05) is 6.92 Å². The van der Waals surface area contributed by atoms with Gasteiger partial charge in [0, 0.05) is 30.6 Å². The molecular weight excluding hydrogens is 220 g/mol. The lowest BCUT2D eigenvalue weighted by molar-refractivity contribution is -0.114. The van der Waals surface area contributed by atoms with E-state index in [4.69, 9.17) is 0 Å². The van der Waals surface area contributed by atoms with E-state index in [0.717, 1.165) is 29.4 Å². The summed E-state index contributed by atoms with van der Waals surface area (Å²) in [6.45, 7) is 4.64. The highest BCUT2D eigenvalue weighted by Crippen LogP contribution is 2.13. The Kier molecular flexibility index (Phi) is 5.78. The number of thioether (sulfide) groups is 1. The normalized spacial score (nSPS) is 9.88. The lowest BCUT2D eigenvalue weighted by Gasteiger charge is -2.07. The average molecular weight is 238 g/mol. The van der Waals surface area contributed by atoms with E-state index in [1.165, 1.54) is 6.92 Å². The number of hydrogen-bond donors (Lipinski definition) is 2. The summed E-state index contributed by atoms with van der Waals surface area (Å²) in [6.07, 6.45) is 0. The Morgan fingerprint density at radius 1 is 1.25 bits per heavy atom. The van der Waals surface area contributed by atoms with E-state index in [0.29, 0.717) is 0 Å². The molecule has 0 heterocycles. The van der Waals surface area contributed by atoms with Gasteiger partial charge >= 0.3 is 0 Å². The maximum Gasteiger partial charge on any atom is 0.221 e. The van der Waals surface area contributed by atoms with Gasteiger partial charge in [0.2, 0.25) is 5.91 Å². The maximum absolute atomic E-state index is 10.8. The molecule has 88 valence electrons. The number of rotatable bonds is 6. The van der Waals surface area contributed by atoms with Crippen molar-refractivity contribution in [2.45, 2.75) is 13.8 Å². The fraction of sp³-hybridized carbons (Fsp3) is 0.417. The first kappa shape index (κ1) is 12.9. The van der Waals surface area contributed by atoms with Crippen LogP contribution in [0.2, 0.25) is 0 Å². The molecule has 0 aliphatic rings. The Hall–Kier alpha value is -1.16. The average Bonchev–Trinajstić information content (AvgIpc) is 2.26. The molecule has 1 aromatic carbocycles. The van der Waals surface area contributed by atoms with Crippen molar-refractivity contribution in [3.8, 4) is 0 Å². The third-order valence-electron chi connectivity index (χ3n) is 1.98. The molecule has 1 rings (SSSR count). The summed E-state index contributed by atoms with van der Waals surface area (Å²) < 4.78 is 0. The molecule has 1 aromatic rings. The number of carbonyl (C=O) groups excluding carboxylic acids is 1. The molecule has 0 bridgehead atoms. The Morgan fingerprint density at radius 3 is 2.44 bits per heavy atom. The maximum atomic E-state index is 10.8. The van der Waals surface area contributed by atoms with Crippen molar-refractivity contribution in [3.63, 3.8) is 0 Å². The molecule has 2 N–H and O–H groups in total. The highest BCUT2D eigenvalue weighted by atomic mass is 32.2. The van der Waals surface area contributed by atoms with E-state index in [-0.39, 0.29) is 5.91 Å². The number of anilines is 2. The number of amides is 1. The third-order valence-corrected chi connectivity index (χ3v) is 2.89. The van der Waals surface area contributed by atoms with Gasteiger partial charge < -0.3 is 10.6 Å². The minimum atomic E-state index is -0.0416. The van der Waals surface area contributed by atoms with Crippen molar-refractivity contribution >= 4 is 29.0 Å². The number of nitrogens with one attached hydrogen (secondary N) is 2. The van der Waals surface area contributed by atoms with Crippen LogP contribution >= 0.6 is 11.8 Å². The van der Waals surface area contributed by atoms with Crippen molar-refractivity contribution in [1.29, 1.82) is 0 Å². The lowest BCUT2D eigenvalue weighted by Crippen LogP contribution is -2.06. The van der Waals surface area contributed by atoms with Gasteiger partial charge in [0.1, 0.15) is 0 Å². The highest BCUT2D eigenvalue weighted by Gasteiger charge is 1.95. The highest BCUT2D eigenvalue weighted by molar-refractivity contribution is 7.99. The summed E-state index contributed by atoms with van der Waals surface area (Å²) in [5.74, 6) is 2.23. The van der Waals surface area contributed by atoms with Gasteiger partial charge in [-0.3, -0.25) is 4.79 Å². The second-order valence-electron chi connectivity index (χ2n) is 3.38. The monoisotopic (exact) mass is 238 g/mol. The minimum Gasteiger partial charge on any atom is -0.384 e. The summed E-state index contributed by atoms with van der Waals surface area (Å²) in [5.41, 5.74) is 1.92. The molecule has 0 radical (unpaired) electrons. The fourth-order valence-corrected chi connectivity index (χ4v) is 1.82. The van der Waals surface area contributed by atoms with E-state index >= 15 is 0 Å². The van der Waals surface area contributed by atoms with Gasteiger partial charge in [-0.15, -0.1) is 0 Å². The van der Waals surface area contributed by atoms with E-state index in [2.05, 4.69) is 17.6 Å². The zero-order valence-corrected chi connectivity index (χ0v) is 10.6. The topological polar surface area (TPSA) is 41.1 Å². The Labute approximate surface area is 101 Å². The molecule has 0 unspecified atom stereocenters. The molecule has 4 heteroatoms. The van der Waals surface area contributed by atoms with Crippen LogP contribution in [-0.4, -0.2) is 24.0 Å². The van der Waals surface area contributed by atoms with Crippen LogP contribution < -0.4 is 10.6 Å². The molecule has 0 aliphatic heterocycles. The Balaban J connectivity index is 2.36. The molecule has 16 heavy (non-hydrogen) atoms. The summed E-state index contributed by atoms with van der Waals surface area (Å²) in [4.78, 5) is 10.8. The lowest BCUT2D eigenvalue weighted by atomic mass is 10.3. The zero-order valence-electron chi connectivity index (χ0n) is 9.75. The Bertz CT molecular complexity index is 324. The van der Waals surface area contributed by atoms with Crippen molar-refractivity contribution in [1.82, 2.24) is 0 Å². The van der Waals surface area contributed by atoms with Crippen LogP contribution in [0, 0.1) is 0 Å². The molecule has 0 saturated heterocycles. The molecule has 0 saturated carbocycles. The van der Waals surface area contributed by atoms with Gasteiger partial charge in [0.05, 0.1) is 0 Å². The van der Waals surface area contributed by atoms with Gasteiger partial charge in [0.15, 0.2) is 0 Å². The first-order valence-electron chi connectivity index (χ1n) is 5.41. The van der Waals surface area contributed by atoms with Crippen molar-refractivity contribution < 1.29 is 4.79 Å². The molecule has 0 fully saturated rings. The number of benzene rings is 1. The number of hydrogen-bond acceptors (Lipinski definition) is 3. The van der Waals surface area contributed by atoms with Crippen LogP contribution in [0.1, 0.15) is 13.8 Å². The summed E-state index contributed by atoms with van der Waals surface area (Å²) in [6, 6.07) is 7.75. The summed E-state index contributed by atoms with van der Waals surface area (Å²) in [5, 5.41) is 6.06. The molecule has 0 spiro atoms. The zero-order chi connectivity index (χ0) is 11.8. The van der Waals surface area contributed by atoms with E-state index < -0.39 is 0 Å². The SMILES string of the molecule is CCSCCNc1ccc(NC(C)=O)cc1. The van der Waals surface area contributed by atoms with Crippen LogP contribution in [-0.2, 0) is 4.79 Å². The predicted octanol–water partition coefficient (Wildman–Crippen LogP) is 2.81. The molecule has 3 nitrogen and oxygen atoms in total. The third kappa shape index (κ3) is 5.07. The molecule has 0 aliphatic carbocycles. The summed E-state index contributed by atoms with van der Waals surface area (Å²) in [7, 11) is 0. The van der Waals surface area contributed by atoms with Crippen LogP contribution in [0.4, 0.5) is 11.4 Å². The Morgan fingerprint density at radius 2 is 1.88 bits per heavy atom. The molecule has 1 amide bonds. The molecular formula is C12H18N2OS. The van der Waals surface area contributed by atoms with Crippen molar-refractivity contribution in [2.75, 3.05) is 28.7 Å². The fourth-order valence-electron chi connectivity index (χ4n) is 1.29.